The van der Waals surface area contributed by atoms with Crippen LogP contribution in [0.1, 0.15) is 29.6 Å². The van der Waals surface area contributed by atoms with Crippen LogP contribution in [0.3, 0.4) is 0 Å². The number of carbonyl (C=O) groups excluding carboxylic acids is 2. The lowest BCUT2D eigenvalue weighted by atomic mass is 9.96. The Labute approximate surface area is 136 Å². The van der Waals surface area contributed by atoms with Crippen LogP contribution in [0.5, 0.6) is 0 Å². The predicted molar refractivity (Wildman–Crippen MR) is 89.4 cm³/mol. The first-order chi connectivity index (χ1) is 10.1. The molecule has 1 aliphatic heterocycles. The highest BCUT2D eigenvalue weighted by Crippen LogP contribution is 2.13. The number of anilines is 1. The number of halogens is 1. The largest absolute Gasteiger partial charge is 0.352 e. The van der Waals surface area contributed by atoms with E-state index in [0.29, 0.717) is 23.7 Å². The Morgan fingerprint density at radius 2 is 2.18 bits per heavy atom. The van der Waals surface area contributed by atoms with Crippen molar-refractivity contribution < 1.29 is 9.59 Å². The van der Waals surface area contributed by atoms with E-state index in [-0.39, 0.29) is 18.3 Å². The van der Waals surface area contributed by atoms with Crippen LogP contribution in [0.2, 0.25) is 0 Å². The first-order valence-corrected chi connectivity index (χ1v) is 7.30. The molecule has 3 amide bonds. The third kappa shape index (κ3) is 5.91. The summed E-state index contributed by atoms with van der Waals surface area (Å²) in [5, 5.41) is 8.74. The van der Waals surface area contributed by atoms with E-state index in [1.165, 1.54) is 12.8 Å². The lowest BCUT2D eigenvalue weighted by Crippen LogP contribution is -2.33. The summed E-state index contributed by atoms with van der Waals surface area (Å²) in [5.41, 5.74) is 6.09. The first kappa shape index (κ1) is 18.3. The van der Waals surface area contributed by atoms with Crippen molar-refractivity contribution in [2.75, 3.05) is 25.0 Å². The van der Waals surface area contributed by atoms with Crippen molar-refractivity contribution >= 4 is 30.0 Å². The Bertz CT molecular complexity index is 504. The maximum Gasteiger partial charge on any atom is 0.316 e. The van der Waals surface area contributed by atoms with E-state index >= 15 is 0 Å². The lowest BCUT2D eigenvalue weighted by molar-refractivity contribution is 0.0950. The molecule has 0 radical (unpaired) electrons. The van der Waals surface area contributed by atoms with Crippen molar-refractivity contribution in [3.63, 3.8) is 0 Å². The Morgan fingerprint density at radius 1 is 1.36 bits per heavy atom. The SMILES string of the molecule is Cl.NC(=O)Nc1cccc(C(=O)NCCC2CCCNC2)c1. The molecule has 2 rings (SSSR count). The summed E-state index contributed by atoms with van der Waals surface area (Å²) < 4.78 is 0. The van der Waals surface area contributed by atoms with Crippen LogP contribution in [-0.2, 0) is 0 Å². The first-order valence-electron chi connectivity index (χ1n) is 7.30. The van der Waals surface area contributed by atoms with Gasteiger partial charge in [-0.1, -0.05) is 6.07 Å². The Morgan fingerprint density at radius 3 is 2.86 bits per heavy atom. The van der Waals surface area contributed by atoms with Gasteiger partial charge in [0.15, 0.2) is 0 Å². The number of piperidine rings is 1. The molecule has 1 unspecified atom stereocenters. The van der Waals surface area contributed by atoms with Crippen molar-refractivity contribution in [3.05, 3.63) is 29.8 Å². The highest BCUT2D eigenvalue weighted by Gasteiger charge is 2.13. The normalized spacial score (nSPS) is 17.2. The average molecular weight is 327 g/mol. The van der Waals surface area contributed by atoms with Gasteiger partial charge in [-0.2, -0.15) is 0 Å². The highest BCUT2D eigenvalue weighted by molar-refractivity contribution is 5.96. The lowest BCUT2D eigenvalue weighted by Gasteiger charge is -2.22. The van der Waals surface area contributed by atoms with Gasteiger partial charge in [-0.05, 0) is 56.5 Å². The Hall–Kier alpha value is -1.79. The zero-order valence-corrected chi connectivity index (χ0v) is 13.2. The number of hydrogen-bond donors (Lipinski definition) is 4. The molecule has 0 saturated carbocycles. The van der Waals surface area contributed by atoms with Crippen LogP contribution < -0.4 is 21.7 Å². The van der Waals surface area contributed by atoms with Gasteiger partial charge in [0, 0.05) is 17.8 Å². The fraction of sp³-hybridized carbons (Fsp3) is 0.467. The summed E-state index contributed by atoms with van der Waals surface area (Å²) in [6.45, 7) is 2.80. The second-order valence-corrected chi connectivity index (χ2v) is 5.33. The van der Waals surface area contributed by atoms with E-state index in [0.717, 1.165) is 19.5 Å². The fourth-order valence-electron chi connectivity index (χ4n) is 2.54. The molecule has 0 spiro atoms. The molecule has 5 N–H and O–H groups in total. The number of carbonyl (C=O) groups is 2. The summed E-state index contributed by atoms with van der Waals surface area (Å²) in [6.07, 6.45) is 3.41. The van der Waals surface area contributed by atoms with Gasteiger partial charge < -0.3 is 21.7 Å². The average Bonchev–Trinajstić information content (AvgIpc) is 2.48. The number of primary amides is 1. The molecule has 6 nitrogen and oxygen atoms in total. The maximum absolute atomic E-state index is 12.1. The fourth-order valence-corrected chi connectivity index (χ4v) is 2.54. The zero-order valence-electron chi connectivity index (χ0n) is 12.4. The number of hydrogen-bond acceptors (Lipinski definition) is 3. The third-order valence-electron chi connectivity index (χ3n) is 3.63. The summed E-state index contributed by atoms with van der Waals surface area (Å²) in [7, 11) is 0. The van der Waals surface area contributed by atoms with Crippen LogP contribution in [-0.4, -0.2) is 31.6 Å². The minimum atomic E-state index is -0.641. The second kappa shape index (κ2) is 9.27. The summed E-state index contributed by atoms with van der Waals surface area (Å²) in [6, 6.07) is 6.09. The third-order valence-corrected chi connectivity index (χ3v) is 3.63. The Kier molecular flexibility index (Phi) is 7.70. The van der Waals surface area contributed by atoms with Crippen LogP contribution in [0.15, 0.2) is 24.3 Å². The zero-order chi connectivity index (χ0) is 15.1. The quantitative estimate of drug-likeness (QED) is 0.663. The number of amides is 3. The molecule has 122 valence electrons. The van der Waals surface area contributed by atoms with Gasteiger partial charge in [0.2, 0.25) is 0 Å². The molecular formula is C15H23ClN4O2. The molecule has 7 heteroatoms. The number of urea groups is 1. The van der Waals surface area contributed by atoms with Gasteiger partial charge in [-0.15, -0.1) is 12.4 Å². The van der Waals surface area contributed by atoms with Crippen molar-refractivity contribution in [2.24, 2.45) is 11.7 Å². The number of rotatable bonds is 5. The van der Waals surface area contributed by atoms with Gasteiger partial charge >= 0.3 is 6.03 Å². The predicted octanol–water partition coefficient (Wildman–Crippen LogP) is 1.72. The smallest absolute Gasteiger partial charge is 0.316 e. The summed E-state index contributed by atoms with van der Waals surface area (Å²) in [5.74, 6) is 0.508. The van der Waals surface area contributed by atoms with Crippen molar-refractivity contribution in [3.8, 4) is 0 Å². The molecule has 1 saturated heterocycles. The van der Waals surface area contributed by atoms with E-state index in [4.69, 9.17) is 5.73 Å². The van der Waals surface area contributed by atoms with Gasteiger partial charge in [-0.3, -0.25) is 4.79 Å². The van der Waals surface area contributed by atoms with Crippen molar-refractivity contribution in [1.29, 1.82) is 0 Å². The molecule has 0 aliphatic carbocycles. The van der Waals surface area contributed by atoms with Crippen LogP contribution >= 0.6 is 12.4 Å². The van der Waals surface area contributed by atoms with Gasteiger partial charge in [0.25, 0.3) is 5.91 Å². The van der Waals surface area contributed by atoms with Crippen LogP contribution in [0, 0.1) is 5.92 Å². The minimum absolute atomic E-state index is 0. The van der Waals surface area contributed by atoms with Crippen LogP contribution in [0.4, 0.5) is 10.5 Å². The molecular weight excluding hydrogens is 304 g/mol. The van der Waals surface area contributed by atoms with Gasteiger partial charge in [-0.25, -0.2) is 4.79 Å². The van der Waals surface area contributed by atoms with E-state index in [1.54, 1.807) is 24.3 Å². The van der Waals surface area contributed by atoms with E-state index < -0.39 is 6.03 Å². The monoisotopic (exact) mass is 326 g/mol. The molecule has 22 heavy (non-hydrogen) atoms. The van der Waals surface area contributed by atoms with Crippen molar-refractivity contribution in [2.45, 2.75) is 19.3 Å². The molecule has 0 bridgehead atoms. The molecule has 1 fully saturated rings. The van der Waals surface area contributed by atoms with Gasteiger partial charge in [0.1, 0.15) is 0 Å². The maximum atomic E-state index is 12.1. The number of nitrogens with two attached hydrogens (primary N) is 1. The number of benzene rings is 1. The topological polar surface area (TPSA) is 96.2 Å². The van der Waals surface area contributed by atoms with Gasteiger partial charge in [0.05, 0.1) is 0 Å². The molecule has 0 aromatic heterocycles. The van der Waals surface area contributed by atoms with E-state index in [1.807, 2.05) is 0 Å². The summed E-state index contributed by atoms with van der Waals surface area (Å²) >= 11 is 0. The molecule has 1 aromatic rings. The van der Waals surface area contributed by atoms with Crippen LogP contribution in [0.25, 0.3) is 0 Å². The van der Waals surface area contributed by atoms with E-state index in [9.17, 15) is 9.59 Å². The number of nitrogens with one attached hydrogen (secondary N) is 3. The van der Waals surface area contributed by atoms with E-state index in [2.05, 4.69) is 16.0 Å². The highest BCUT2D eigenvalue weighted by atomic mass is 35.5. The standard InChI is InChI=1S/C15H22N4O2.ClH/c16-15(21)19-13-5-1-4-12(9-13)14(20)18-8-6-11-3-2-7-17-10-11;/h1,4-5,9,11,17H,2-3,6-8,10H2,(H,18,20)(H3,16,19,21);1H. The molecule has 1 aromatic carbocycles. The minimum Gasteiger partial charge on any atom is -0.352 e. The summed E-state index contributed by atoms with van der Waals surface area (Å²) in [4.78, 5) is 22.9. The molecule has 1 heterocycles. The molecule has 1 atom stereocenters. The Balaban J connectivity index is 0.00000242. The second-order valence-electron chi connectivity index (χ2n) is 5.33. The van der Waals surface area contributed by atoms with Crippen molar-refractivity contribution in [1.82, 2.24) is 10.6 Å². The molecule has 1 aliphatic rings.